The lowest BCUT2D eigenvalue weighted by molar-refractivity contribution is 0.0936. The smallest absolute Gasteiger partial charge is 0.269 e. The van der Waals surface area contributed by atoms with Gasteiger partial charge in [0.05, 0.1) is 6.54 Å². The highest BCUT2D eigenvalue weighted by molar-refractivity contribution is 5.92. The summed E-state index contributed by atoms with van der Waals surface area (Å²) in [5.74, 6) is 5.41. The number of hydrogen-bond donors (Lipinski definition) is 2. The third kappa shape index (κ3) is 6.32. The number of rotatable bonds is 7. The van der Waals surface area contributed by atoms with E-state index in [1.54, 1.807) is 18.3 Å². The highest BCUT2D eigenvalue weighted by Gasteiger charge is 2.05. The molecule has 5 heteroatoms. The van der Waals surface area contributed by atoms with Gasteiger partial charge in [0.15, 0.2) is 0 Å². The van der Waals surface area contributed by atoms with E-state index in [2.05, 4.69) is 29.1 Å². The maximum atomic E-state index is 11.8. The van der Waals surface area contributed by atoms with Crippen LogP contribution in [0.3, 0.4) is 0 Å². The van der Waals surface area contributed by atoms with Gasteiger partial charge in [-0.05, 0) is 25.0 Å². The van der Waals surface area contributed by atoms with Gasteiger partial charge in [-0.3, -0.25) is 4.79 Å². The van der Waals surface area contributed by atoms with Crippen molar-refractivity contribution >= 4 is 5.91 Å². The van der Waals surface area contributed by atoms with Crippen LogP contribution in [0.2, 0.25) is 0 Å². The van der Waals surface area contributed by atoms with Gasteiger partial charge in [0.25, 0.3) is 5.91 Å². The molecule has 1 aromatic heterocycles. The van der Waals surface area contributed by atoms with E-state index in [4.69, 9.17) is 10.5 Å². The molecule has 0 atom stereocenters. The molecular formula is C15H21N3O2. The fourth-order valence-electron chi connectivity index (χ4n) is 1.47. The van der Waals surface area contributed by atoms with Crippen LogP contribution in [-0.4, -0.2) is 37.2 Å². The molecule has 1 aromatic rings. The Labute approximate surface area is 119 Å². The molecule has 5 nitrogen and oxygen atoms in total. The van der Waals surface area contributed by atoms with Crippen molar-refractivity contribution in [3.63, 3.8) is 0 Å². The van der Waals surface area contributed by atoms with Crippen LogP contribution in [0.1, 0.15) is 35.8 Å². The topological polar surface area (TPSA) is 77.2 Å². The highest BCUT2D eigenvalue weighted by atomic mass is 16.5. The van der Waals surface area contributed by atoms with Crippen molar-refractivity contribution in [3.05, 3.63) is 29.6 Å². The van der Waals surface area contributed by atoms with E-state index >= 15 is 0 Å². The Morgan fingerprint density at radius 2 is 2.30 bits per heavy atom. The second kappa shape index (κ2) is 9.96. The van der Waals surface area contributed by atoms with Crippen LogP contribution in [0.15, 0.2) is 18.3 Å². The first-order valence-corrected chi connectivity index (χ1v) is 6.79. The average molecular weight is 275 g/mol. The predicted octanol–water partition coefficient (Wildman–Crippen LogP) is 0.938. The van der Waals surface area contributed by atoms with Crippen molar-refractivity contribution in [2.75, 3.05) is 26.3 Å². The van der Waals surface area contributed by atoms with Gasteiger partial charge in [-0.2, -0.15) is 0 Å². The van der Waals surface area contributed by atoms with Crippen molar-refractivity contribution in [3.8, 4) is 11.8 Å². The van der Waals surface area contributed by atoms with Gasteiger partial charge in [-0.25, -0.2) is 4.98 Å². The van der Waals surface area contributed by atoms with Crippen LogP contribution >= 0.6 is 0 Å². The van der Waals surface area contributed by atoms with E-state index in [1.807, 2.05) is 0 Å². The molecule has 1 amide bonds. The molecule has 0 saturated heterocycles. The molecule has 0 unspecified atom stereocenters. The first kappa shape index (κ1) is 16.2. The van der Waals surface area contributed by atoms with Gasteiger partial charge >= 0.3 is 0 Å². The minimum Gasteiger partial charge on any atom is -0.381 e. The summed E-state index contributed by atoms with van der Waals surface area (Å²) >= 11 is 0. The van der Waals surface area contributed by atoms with Crippen molar-refractivity contribution in [1.29, 1.82) is 0 Å². The lowest BCUT2D eigenvalue weighted by Crippen LogP contribution is -2.26. The minimum atomic E-state index is -0.182. The Bertz CT molecular complexity index is 460. The number of amides is 1. The first-order valence-electron chi connectivity index (χ1n) is 6.79. The first-order chi connectivity index (χ1) is 9.77. The summed E-state index contributed by atoms with van der Waals surface area (Å²) in [4.78, 5) is 15.9. The molecule has 3 N–H and O–H groups in total. The second-order valence-electron chi connectivity index (χ2n) is 4.16. The van der Waals surface area contributed by atoms with Crippen molar-refractivity contribution in [2.24, 2.45) is 5.73 Å². The maximum absolute atomic E-state index is 11.8. The number of aromatic nitrogens is 1. The van der Waals surface area contributed by atoms with Crippen LogP contribution < -0.4 is 11.1 Å². The Morgan fingerprint density at radius 3 is 2.95 bits per heavy atom. The van der Waals surface area contributed by atoms with Crippen molar-refractivity contribution < 1.29 is 9.53 Å². The van der Waals surface area contributed by atoms with Crippen LogP contribution in [0.5, 0.6) is 0 Å². The van der Waals surface area contributed by atoms with E-state index in [0.717, 1.165) is 25.0 Å². The molecule has 0 aromatic carbocycles. The van der Waals surface area contributed by atoms with Gasteiger partial charge in [0.1, 0.15) is 5.69 Å². The highest BCUT2D eigenvalue weighted by Crippen LogP contribution is 1.99. The normalized spacial score (nSPS) is 9.70. The SMILES string of the molecule is CCCOCCCNC(=O)c1ccc(C#CCN)cn1. The molecule has 0 fully saturated rings. The molecule has 0 aliphatic carbocycles. The third-order valence-corrected chi connectivity index (χ3v) is 2.43. The third-order valence-electron chi connectivity index (χ3n) is 2.43. The molecule has 108 valence electrons. The van der Waals surface area contributed by atoms with Gasteiger partial charge in [0.2, 0.25) is 0 Å². The second-order valence-corrected chi connectivity index (χ2v) is 4.16. The monoisotopic (exact) mass is 275 g/mol. The Hall–Kier alpha value is -1.90. The van der Waals surface area contributed by atoms with Gasteiger partial charge in [-0.1, -0.05) is 18.8 Å². The quantitative estimate of drug-likeness (QED) is 0.573. The zero-order chi connectivity index (χ0) is 14.6. The molecule has 0 saturated carbocycles. The summed E-state index contributed by atoms with van der Waals surface area (Å²) in [5, 5.41) is 2.80. The van der Waals surface area contributed by atoms with E-state index in [0.29, 0.717) is 25.4 Å². The zero-order valence-corrected chi connectivity index (χ0v) is 11.8. The van der Waals surface area contributed by atoms with Crippen molar-refractivity contribution in [1.82, 2.24) is 10.3 Å². The maximum Gasteiger partial charge on any atom is 0.269 e. The fraction of sp³-hybridized carbons (Fsp3) is 0.467. The van der Waals surface area contributed by atoms with Crippen molar-refractivity contribution in [2.45, 2.75) is 19.8 Å². The number of pyridine rings is 1. The van der Waals surface area contributed by atoms with E-state index in [9.17, 15) is 4.79 Å². The lowest BCUT2D eigenvalue weighted by Gasteiger charge is -2.05. The van der Waals surface area contributed by atoms with Gasteiger partial charge in [-0.15, -0.1) is 0 Å². The Kier molecular flexibility index (Phi) is 8.04. The van der Waals surface area contributed by atoms with Gasteiger partial charge < -0.3 is 15.8 Å². The predicted molar refractivity (Wildman–Crippen MR) is 78.2 cm³/mol. The molecular weight excluding hydrogens is 254 g/mol. The molecule has 0 aliphatic heterocycles. The van der Waals surface area contributed by atoms with E-state index < -0.39 is 0 Å². The van der Waals surface area contributed by atoms with Crippen LogP contribution in [0.4, 0.5) is 0 Å². The molecule has 0 radical (unpaired) electrons. The zero-order valence-electron chi connectivity index (χ0n) is 11.8. The molecule has 20 heavy (non-hydrogen) atoms. The average Bonchev–Trinajstić information content (AvgIpc) is 2.49. The number of hydrogen-bond acceptors (Lipinski definition) is 4. The Morgan fingerprint density at radius 1 is 1.45 bits per heavy atom. The molecule has 0 spiro atoms. The van der Waals surface area contributed by atoms with E-state index in [1.165, 1.54) is 0 Å². The number of nitrogens with one attached hydrogen (secondary N) is 1. The summed E-state index contributed by atoms with van der Waals surface area (Å²) in [6, 6.07) is 3.42. The minimum absolute atomic E-state index is 0.182. The summed E-state index contributed by atoms with van der Waals surface area (Å²) < 4.78 is 5.33. The summed E-state index contributed by atoms with van der Waals surface area (Å²) in [7, 11) is 0. The van der Waals surface area contributed by atoms with Crippen LogP contribution in [0, 0.1) is 11.8 Å². The molecule has 1 heterocycles. The molecule has 1 rings (SSSR count). The number of nitrogens with two attached hydrogens (primary N) is 1. The van der Waals surface area contributed by atoms with Crippen LogP contribution in [0.25, 0.3) is 0 Å². The van der Waals surface area contributed by atoms with E-state index in [-0.39, 0.29) is 5.91 Å². The summed E-state index contributed by atoms with van der Waals surface area (Å²) in [6.45, 7) is 4.38. The largest absolute Gasteiger partial charge is 0.381 e. The number of nitrogens with zero attached hydrogens (tertiary/aromatic N) is 1. The number of carbonyl (C=O) groups is 1. The lowest BCUT2D eigenvalue weighted by atomic mass is 10.2. The summed E-state index contributed by atoms with van der Waals surface area (Å²) in [6.07, 6.45) is 3.38. The number of carbonyl (C=O) groups excluding carboxylic acids is 1. The fourth-order valence-corrected chi connectivity index (χ4v) is 1.47. The standard InChI is InChI=1S/C15H21N3O2/c1-2-10-20-11-4-9-17-15(19)14-7-6-13(12-18-14)5-3-8-16/h6-7,12H,2,4,8-11,16H2,1H3,(H,17,19). The van der Waals surface area contributed by atoms with Crippen LogP contribution in [-0.2, 0) is 4.74 Å². The molecule has 0 bridgehead atoms. The Balaban J connectivity index is 2.32. The molecule has 0 aliphatic rings. The summed E-state index contributed by atoms with van der Waals surface area (Å²) in [5.41, 5.74) is 6.42. The number of ether oxygens (including phenoxy) is 1. The van der Waals surface area contributed by atoms with Gasteiger partial charge in [0, 0.05) is 31.5 Å².